The molecule has 176 valence electrons. The number of halogens is 3. The first-order valence-corrected chi connectivity index (χ1v) is 12.1. The van der Waals surface area contributed by atoms with E-state index in [1.807, 2.05) is 0 Å². The zero-order valence-electron chi connectivity index (χ0n) is 17.5. The van der Waals surface area contributed by atoms with Gasteiger partial charge in [-0.25, -0.2) is 8.42 Å². The Kier molecular flexibility index (Phi) is 5.24. The van der Waals surface area contributed by atoms with Crippen molar-refractivity contribution in [2.45, 2.75) is 49.3 Å². The molecule has 1 saturated heterocycles. The standard InChI is InChI=1S/C21H22F3N5O3S/c22-21(23,24)17-2-1-11-29(17)33(31,32)15-7-5-14(6-8-15)26-19-18-16(9-10-25-20(18)30)28(27-19)12-13-3-4-13/h5-10,13,17H,1-4,11-12H2,(H,25,30)(H,26,27). The molecule has 0 spiro atoms. The summed E-state index contributed by atoms with van der Waals surface area (Å²) in [6.45, 7) is 0.536. The van der Waals surface area contributed by atoms with E-state index in [1.54, 1.807) is 16.9 Å². The van der Waals surface area contributed by atoms with E-state index in [-0.39, 0.29) is 29.8 Å². The van der Waals surface area contributed by atoms with Crippen LogP contribution in [0.4, 0.5) is 24.7 Å². The summed E-state index contributed by atoms with van der Waals surface area (Å²) < 4.78 is 67.8. The van der Waals surface area contributed by atoms with E-state index in [2.05, 4.69) is 15.4 Å². The monoisotopic (exact) mass is 481 g/mol. The Labute approximate surface area is 187 Å². The first kappa shape index (κ1) is 22.0. The van der Waals surface area contributed by atoms with Gasteiger partial charge in [0.2, 0.25) is 10.0 Å². The number of aromatic amines is 1. The second-order valence-corrected chi connectivity index (χ2v) is 10.4. The number of aromatic nitrogens is 3. The van der Waals surface area contributed by atoms with Crippen LogP contribution in [0.15, 0.2) is 46.2 Å². The fourth-order valence-corrected chi connectivity index (χ4v) is 5.93. The third-order valence-electron chi connectivity index (χ3n) is 6.11. The average molecular weight is 482 g/mol. The lowest BCUT2D eigenvalue weighted by molar-refractivity contribution is -0.165. The van der Waals surface area contributed by atoms with E-state index in [4.69, 9.17) is 0 Å². The predicted molar refractivity (Wildman–Crippen MR) is 116 cm³/mol. The van der Waals surface area contributed by atoms with Gasteiger partial charge in [-0.05, 0) is 61.9 Å². The fourth-order valence-electron chi connectivity index (χ4n) is 4.25. The number of sulfonamides is 1. The number of pyridine rings is 1. The quantitative estimate of drug-likeness (QED) is 0.561. The molecule has 0 bridgehead atoms. The molecule has 1 saturated carbocycles. The van der Waals surface area contributed by atoms with Gasteiger partial charge in [0.1, 0.15) is 11.4 Å². The number of H-pyrrole nitrogens is 1. The highest BCUT2D eigenvalue weighted by atomic mass is 32.2. The second-order valence-electron chi connectivity index (χ2n) is 8.51. The highest BCUT2D eigenvalue weighted by Gasteiger charge is 2.50. The summed E-state index contributed by atoms with van der Waals surface area (Å²) in [5, 5.41) is 7.96. The van der Waals surface area contributed by atoms with Crippen molar-refractivity contribution < 1.29 is 21.6 Å². The van der Waals surface area contributed by atoms with Crippen LogP contribution >= 0.6 is 0 Å². The van der Waals surface area contributed by atoms with E-state index in [0.29, 0.717) is 39.2 Å². The summed E-state index contributed by atoms with van der Waals surface area (Å²) in [5.41, 5.74) is 0.854. The van der Waals surface area contributed by atoms with Gasteiger partial charge in [0.05, 0.1) is 10.4 Å². The molecule has 5 rings (SSSR count). The number of hydrogen-bond donors (Lipinski definition) is 2. The molecule has 1 aromatic carbocycles. The lowest BCUT2D eigenvalue weighted by Gasteiger charge is -2.25. The van der Waals surface area contributed by atoms with Gasteiger partial charge in [-0.3, -0.25) is 9.48 Å². The first-order chi connectivity index (χ1) is 15.6. The van der Waals surface area contributed by atoms with E-state index >= 15 is 0 Å². The van der Waals surface area contributed by atoms with E-state index in [0.717, 1.165) is 12.8 Å². The molecule has 1 aliphatic heterocycles. The van der Waals surface area contributed by atoms with Crippen LogP contribution in [0, 0.1) is 5.92 Å². The summed E-state index contributed by atoms with van der Waals surface area (Å²) in [7, 11) is -4.29. The molecule has 3 heterocycles. The molecule has 1 atom stereocenters. The van der Waals surface area contributed by atoms with Crippen LogP contribution < -0.4 is 10.9 Å². The fraction of sp³-hybridized carbons (Fsp3) is 0.429. The Morgan fingerprint density at radius 1 is 1.12 bits per heavy atom. The largest absolute Gasteiger partial charge is 0.405 e. The topological polar surface area (TPSA) is 100 Å². The van der Waals surface area contributed by atoms with Gasteiger partial charge in [-0.2, -0.15) is 22.6 Å². The van der Waals surface area contributed by atoms with E-state index < -0.39 is 22.2 Å². The minimum atomic E-state index is -4.61. The molecular weight excluding hydrogens is 459 g/mol. The minimum Gasteiger partial charge on any atom is -0.338 e. The predicted octanol–water partition coefficient (Wildman–Crippen LogP) is 3.59. The molecule has 33 heavy (non-hydrogen) atoms. The van der Waals surface area contributed by atoms with Gasteiger partial charge in [0.15, 0.2) is 5.82 Å². The van der Waals surface area contributed by atoms with Crippen LogP contribution in [0.5, 0.6) is 0 Å². The zero-order valence-corrected chi connectivity index (χ0v) is 18.3. The minimum absolute atomic E-state index is 0.161. The van der Waals surface area contributed by atoms with Crippen LogP contribution in [-0.4, -0.2) is 46.3 Å². The molecule has 1 unspecified atom stereocenters. The molecule has 0 amide bonds. The zero-order chi connectivity index (χ0) is 23.4. The first-order valence-electron chi connectivity index (χ1n) is 10.7. The van der Waals surface area contributed by atoms with Gasteiger partial charge in [0.25, 0.3) is 5.56 Å². The molecule has 8 nitrogen and oxygen atoms in total. The molecular formula is C21H22F3N5O3S. The number of nitrogens with one attached hydrogen (secondary N) is 2. The third kappa shape index (κ3) is 4.12. The van der Waals surface area contributed by atoms with Gasteiger partial charge < -0.3 is 10.3 Å². The van der Waals surface area contributed by atoms with Crippen LogP contribution in [0.1, 0.15) is 25.7 Å². The highest BCUT2D eigenvalue weighted by molar-refractivity contribution is 7.89. The van der Waals surface area contributed by atoms with Crippen molar-refractivity contribution in [3.63, 3.8) is 0 Å². The summed E-state index contributed by atoms with van der Waals surface area (Å²) in [5.74, 6) is 0.871. The van der Waals surface area contributed by atoms with Crippen molar-refractivity contribution in [2.75, 3.05) is 11.9 Å². The maximum Gasteiger partial charge on any atom is 0.405 e. The van der Waals surface area contributed by atoms with Crippen LogP contribution in [0.3, 0.4) is 0 Å². The molecule has 2 aliphatic rings. The van der Waals surface area contributed by atoms with Crippen molar-refractivity contribution in [3.8, 4) is 0 Å². The maximum atomic E-state index is 13.3. The summed E-state index contributed by atoms with van der Waals surface area (Å²) in [4.78, 5) is 14.8. The maximum absolute atomic E-state index is 13.3. The molecule has 3 aromatic rings. The highest BCUT2D eigenvalue weighted by Crippen LogP contribution is 2.37. The van der Waals surface area contributed by atoms with Crippen molar-refractivity contribution in [3.05, 3.63) is 46.9 Å². The Hall–Kier alpha value is -2.86. The number of hydrogen-bond acceptors (Lipinski definition) is 5. The van der Waals surface area contributed by atoms with Crippen LogP contribution in [-0.2, 0) is 16.6 Å². The lowest BCUT2D eigenvalue weighted by Crippen LogP contribution is -2.44. The summed E-state index contributed by atoms with van der Waals surface area (Å²) in [6.07, 6.45) is -0.892. The van der Waals surface area contributed by atoms with Crippen molar-refractivity contribution in [2.24, 2.45) is 5.92 Å². The van der Waals surface area contributed by atoms with Gasteiger partial charge in [-0.1, -0.05) is 0 Å². The van der Waals surface area contributed by atoms with Gasteiger partial charge in [0, 0.05) is 25.0 Å². The molecule has 12 heteroatoms. The summed E-state index contributed by atoms with van der Waals surface area (Å²) in [6, 6.07) is 5.20. The molecule has 2 fully saturated rings. The smallest absolute Gasteiger partial charge is 0.338 e. The van der Waals surface area contributed by atoms with E-state index in [1.165, 1.54) is 24.3 Å². The Bertz CT molecular complexity index is 1340. The number of rotatable bonds is 6. The molecule has 2 N–H and O–H groups in total. The van der Waals surface area contributed by atoms with Gasteiger partial charge in [-0.15, -0.1) is 0 Å². The Morgan fingerprint density at radius 3 is 2.52 bits per heavy atom. The normalized spacial score (nSPS) is 19.9. The van der Waals surface area contributed by atoms with Crippen molar-refractivity contribution in [1.29, 1.82) is 0 Å². The SMILES string of the molecule is O=c1[nH]ccc2c1c(Nc1ccc(S(=O)(=O)N3CCCC3C(F)(F)F)cc1)nn2CC1CC1. The Morgan fingerprint density at radius 2 is 1.85 bits per heavy atom. The lowest BCUT2D eigenvalue weighted by atomic mass is 10.2. The third-order valence-corrected chi connectivity index (χ3v) is 8.03. The number of fused-ring (bicyclic) bond motifs is 1. The van der Waals surface area contributed by atoms with Crippen molar-refractivity contribution >= 4 is 32.4 Å². The summed E-state index contributed by atoms with van der Waals surface area (Å²) >= 11 is 0. The van der Waals surface area contributed by atoms with Crippen LogP contribution in [0.25, 0.3) is 10.9 Å². The number of alkyl halides is 3. The Balaban J connectivity index is 1.42. The second kappa shape index (κ2) is 7.87. The number of anilines is 2. The number of benzene rings is 1. The molecule has 1 aliphatic carbocycles. The van der Waals surface area contributed by atoms with E-state index in [9.17, 15) is 26.4 Å². The number of nitrogens with zero attached hydrogens (tertiary/aromatic N) is 3. The van der Waals surface area contributed by atoms with Crippen molar-refractivity contribution in [1.82, 2.24) is 19.1 Å². The van der Waals surface area contributed by atoms with Crippen LogP contribution in [0.2, 0.25) is 0 Å². The van der Waals surface area contributed by atoms with Gasteiger partial charge >= 0.3 is 6.18 Å². The molecule has 0 radical (unpaired) electrons. The average Bonchev–Trinajstić information content (AvgIpc) is 3.28. The molecule has 2 aromatic heterocycles.